The number of H-pyrrole nitrogens is 1. The molecular formula is C31H27Cl3F2N6O4S. The molecule has 10 nitrogen and oxygen atoms in total. The highest BCUT2D eigenvalue weighted by Crippen LogP contribution is 2.43. The SMILES string of the molecule is CCN1CCCN(c2cc3c(cc2O)C(CC#N)N(C)C3)C1=O.N#Cc1ccc(Cl)c(Sc2cc(C(F)(F)Cl)[nH]c(=O)c2C=O)c1Cl. The number of nitriles is 2. The van der Waals surface area contributed by atoms with Gasteiger partial charge in [0.05, 0.1) is 44.2 Å². The quantitative estimate of drug-likeness (QED) is 0.192. The number of alkyl halides is 3. The summed E-state index contributed by atoms with van der Waals surface area (Å²) in [5.74, 6) is 0.119. The Balaban J connectivity index is 0.000000213. The minimum atomic E-state index is -3.84. The summed E-state index contributed by atoms with van der Waals surface area (Å²) in [6, 6.07) is 11.3. The third kappa shape index (κ3) is 7.67. The van der Waals surface area contributed by atoms with E-state index in [1.165, 1.54) is 12.1 Å². The molecule has 2 N–H and O–H groups in total. The van der Waals surface area contributed by atoms with Crippen LogP contribution in [0.2, 0.25) is 10.0 Å². The Morgan fingerprint density at radius 3 is 2.53 bits per heavy atom. The van der Waals surface area contributed by atoms with Gasteiger partial charge in [0.25, 0.3) is 5.56 Å². The second-order valence-corrected chi connectivity index (χ2v) is 12.9. The van der Waals surface area contributed by atoms with Crippen molar-refractivity contribution in [3.05, 3.63) is 78.7 Å². The molecule has 0 aliphatic carbocycles. The molecule has 0 bridgehead atoms. The molecule has 2 aliphatic rings. The fraction of sp³-hybridized carbons (Fsp3) is 0.323. The summed E-state index contributed by atoms with van der Waals surface area (Å²) in [5, 5.41) is 24.7. The fourth-order valence-corrected chi connectivity index (χ4v) is 7.04. The van der Waals surface area contributed by atoms with Crippen molar-refractivity contribution >= 4 is 64.6 Å². The number of nitrogens with zero attached hydrogens (tertiary/aromatic N) is 5. The molecule has 5 rings (SSSR count). The van der Waals surface area contributed by atoms with Crippen molar-refractivity contribution in [1.29, 1.82) is 10.5 Å². The van der Waals surface area contributed by atoms with Gasteiger partial charge >= 0.3 is 11.4 Å². The molecule has 2 aliphatic heterocycles. The number of aldehydes is 1. The van der Waals surface area contributed by atoms with Gasteiger partial charge in [-0.1, -0.05) is 35.0 Å². The maximum absolute atomic E-state index is 13.3. The van der Waals surface area contributed by atoms with Crippen LogP contribution in [0.1, 0.15) is 58.5 Å². The Labute approximate surface area is 288 Å². The molecule has 246 valence electrons. The number of carbonyl (C=O) groups is 2. The van der Waals surface area contributed by atoms with E-state index < -0.39 is 16.6 Å². The summed E-state index contributed by atoms with van der Waals surface area (Å²) in [6.07, 6.45) is 1.51. The number of fused-ring (bicyclic) bond motifs is 1. The van der Waals surface area contributed by atoms with Gasteiger partial charge in [0.2, 0.25) is 0 Å². The van der Waals surface area contributed by atoms with Gasteiger partial charge in [-0.25, -0.2) is 4.79 Å². The Kier molecular flexibility index (Phi) is 11.4. The maximum atomic E-state index is 13.3. The molecule has 1 fully saturated rings. The Hall–Kier alpha value is -3.85. The number of aromatic amines is 1. The number of amides is 2. The number of pyridine rings is 1. The first-order valence-electron chi connectivity index (χ1n) is 14.1. The zero-order valence-corrected chi connectivity index (χ0v) is 28.1. The van der Waals surface area contributed by atoms with Gasteiger partial charge in [0, 0.05) is 37.1 Å². The number of anilines is 1. The average molecular weight is 724 g/mol. The van der Waals surface area contributed by atoms with Crippen LogP contribution in [0, 0.1) is 22.7 Å². The van der Waals surface area contributed by atoms with Crippen LogP contribution in [0.5, 0.6) is 5.75 Å². The van der Waals surface area contributed by atoms with Crippen LogP contribution in [0.15, 0.2) is 44.9 Å². The van der Waals surface area contributed by atoms with E-state index in [2.05, 4.69) is 11.0 Å². The molecule has 0 spiro atoms. The van der Waals surface area contributed by atoms with Crippen molar-refractivity contribution in [2.45, 2.75) is 47.5 Å². The van der Waals surface area contributed by atoms with E-state index in [0.29, 0.717) is 37.0 Å². The van der Waals surface area contributed by atoms with Gasteiger partial charge in [0.1, 0.15) is 17.5 Å². The van der Waals surface area contributed by atoms with Crippen LogP contribution in [0.3, 0.4) is 0 Å². The molecule has 3 heterocycles. The van der Waals surface area contributed by atoms with Crippen molar-refractivity contribution in [2.75, 3.05) is 31.6 Å². The van der Waals surface area contributed by atoms with Crippen LogP contribution in [-0.2, 0) is 11.9 Å². The van der Waals surface area contributed by atoms with Crippen LogP contribution in [0.25, 0.3) is 0 Å². The van der Waals surface area contributed by atoms with Gasteiger partial charge < -0.3 is 15.0 Å². The van der Waals surface area contributed by atoms with Crippen molar-refractivity contribution in [3.63, 3.8) is 0 Å². The maximum Gasteiger partial charge on any atom is 0.362 e. The Morgan fingerprint density at radius 1 is 1.19 bits per heavy atom. The summed E-state index contributed by atoms with van der Waals surface area (Å²) in [6.45, 7) is 4.76. The lowest BCUT2D eigenvalue weighted by Gasteiger charge is -2.35. The minimum absolute atomic E-state index is 0.0131. The van der Waals surface area contributed by atoms with Crippen LogP contribution < -0.4 is 10.5 Å². The molecule has 1 atom stereocenters. The summed E-state index contributed by atoms with van der Waals surface area (Å²) in [7, 11) is 1.98. The lowest BCUT2D eigenvalue weighted by atomic mass is 10.0. The topological polar surface area (TPSA) is 145 Å². The molecule has 1 saturated heterocycles. The number of hydrogen-bond donors (Lipinski definition) is 2. The Bertz CT molecular complexity index is 1860. The van der Waals surface area contributed by atoms with E-state index in [0.717, 1.165) is 36.7 Å². The number of nitrogens with one attached hydrogen (secondary N) is 1. The van der Waals surface area contributed by atoms with E-state index in [-0.39, 0.29) is 55.1 Å². The monoisotopic (exact) mass is 722 g/mol. The van der Waals surface area contributed by atoms with E-state index >= 15 is 0 Å². The molecule has 0 radical (unpaired) electrons. The smallest absolute Gasteiger partial charge is 0.362 e. The first kappa shape index (κ1) is 36.0. The van der Waals surface area contributed by atoms with Gasteiger partial charge in [-0.2, -0.15) is 19.3 Å². The summed E-state index contributed by atoms with van der Waals surface area (Å²) >= 11 is 17.7. The van der Waals surface area contributed by atoms with E-state index in [1.54, 1.807) is 15.9 Å². The van der Waals surface area contributed by atoms with Gasteiger partial charge in [-0.3, -0.25) is 19.4 Å². The molecule has 3 aromatic rings. The predicted octanol–water partition coefficient (Wildman–Crippen LogP) is 7.25. The summed E-state index contributed by atoms with van der Waals surface area (Å²) in [5.41, 5.74) is 0.454. The van der Waals surface area contributed by atoms with Gasteiger partial charge in [-0.05, 0) is 73.5 Å². The van der Waals surface area contributed by atoms with Crippen LogP contribution >= 0.6 is 46.6 Å². The molecule has 2 amide bonds. The number of aromatic nitrogens is 1. The van der Waals surface area contributed by atoms with Crippen LogP contribution in [0.4, 0.5) is 19.3 Å². The number of phenols is 1. The number of rotatable bonds is 7. The minimum Gasteiger partial charge on any atom is -0.506 e. The second-order valence-electron chi connectivity index (χ2n) is 10.6. The van der Waals surface area contributed by atoms with Gasteiger partial charge in [-0.15, -0.1) is 0 Å². The number of carbonyl (C=O) groups excluding carboxylic acids is 2. The Morgan fingerprint density at radius 2 is 1.91 bits per heavy atom. The standard InChI is InChI=1S/C17H22N4O2.C14H5Cl3F2N2O2S/c1-3-20-7-4-8-21(17(20)23)15-9-12-11-19(2)14(5-6-18)13(12)10-16(15)22;15-8-2-1-6(4-20)11(16)12(8)24-9-3-10(14(17,18)19)21-13(23)7(9)5-22/h9-10,14,22H,3-5,7-8,11H2,1-2H3;1-3,5H,(H,21,23). The number of urea groups is 1. The zero-order chi connectivity index (χ0) is 34.6. The molecule has 2 aromatic carbocycles. The largest absolute Gasteiger partial charge is 0.506 e. The third-order valence-electron chi connectivity index (χ3n) is 7.65. The van der Waals surface area contributed by atoms with Crippen molar-refractivity contribution in [3.8, 4) is 17.9 Å². The first-order chi connectivity index (χ1) is 22.2. The first-order valence-corrected chi connectivity index (χ1v) is 16.1. The molecule has 1 aromatic heterocycles. The van der Waals surface area contributed by atoms with E-state index in [1.807, 2.05) is 31.1 Å². The predicted molar refractivity (Wildman–Crippen MR) is 175 cm³/mol. The average Bonchev–Trinajstić information content (AvgIpc) is 3.32. The number of benzene rings is 2. The summed E-state index contributed by atoms with van der Waals surface area (Å²) < 4.78 is 26.5. The third-order valence-corrected chi connectivity index (χ3v) is 9.98. The molecule has 1 unspecified atom stereocenters. The lowest BCUT2D eigenvalue weighted by molar-refractivity contribution is 0.0891. The number of hydrogen-bond acceptors (Lipinski definition) is 8. The van der Waals surface area contributed by atoms with E-state index in [9.17, 15) is 28.3 Å². The number of halogens is 5. The second kappa shape index (κ2) is 14.9. The lowest BCUT2D eigenvalue weighted by Crippen LogP contribution is -2.49. The highest BCUT2D eigenvalue weighted by Gasteiger charge is 2.33. The molecular weight excluding hydrogens is 697 g/mol. The van der Waals surface area contributed by atoms with Crippen LogP contribution in [-0.4, -0.2) is 58.9 Å². The zero-order valence-electron chi connectivity index (χ0n) is 25.0. The molecule has 47 heavy (non-hydrogen) atoms. The highest BCUT2D eigenvalue weighted by atomic mass is 35.5. The fourth-order valence-electron chi connectivity index (χ4n) is 5.28. The number of phenolic OH excluding ortho intramolecular Hbond substituents is 1. The highest BCUT2D eigenvalue weighted by molar-refractivity contribution is 7.99. The normalized spacial score (nSPS) is 16.2. The molecule has 16 heteroatoms. The van der Waals surface area contributed by atoms with Crippen molar-refractivity contribution in [2.24, 2.45) is 0 Å². The van der Waals surface area contributed by atoms with Crippen molar-refractivity contribution in [1.82, 2.24) is 14.8 Å². The van der Waals surface area contributed by atoms with E-state index in [4.69, 9.17) is 45.3 Å². The molecule has 0 saturated carbocycles. The number of aromatic hydroxyl groups is 1. The summed E-state index contributed by atoms with van der Waals surface area (Å²) in [4.78, 5) is 42.9. The van der Waals surface area contributed by atoms with Gasteiger partial charge in [0.15, 0.2) is 6.29 Å². The van der Waals surface area contributed by atoms with Crippen molar-refractivity contribution < 1.29 is 23.5 Å².